The Hall–Kier alpha value is -10.8. The summed E-state index contributed by atoms with van der Waals surface area (Å²) in [6.07, 6.45) is 4.50. The fourth-order valence-corrected chi connectivity index (χ4v) is 11.1. The minimum atomic E-state index is -4.40. The van der Waals surface area contributed by atoms with Crippen molar-refractivity contribution in [2.45, 2.75) is 34.7 Å². The zero-order valence-electron chi connectivity index (χ0n) is 68.9. The van der Waals surface area contributed by atoms with Crippen LogP contribution in [0.2, 0.25) is 0 Å². The Morgan fingerprint density at radius 3 is 0.533 bits per heavy atom. The van der Waals surface area contributed by atoms with Crippen LogP contribution in [0, 0.1) is 113 Å². The number of hydrogen-bond donors (Lipinski definition) is 2. The fourth-order valence-electron chi connectivity index (χ4n) is 8.41. The Kier molecular flexibility index (Phi) is 54.8. The number of ether oxygens (including phenoxy) is 6. The van der Waals surface area contributed by atoms with Crippen LogP contribution in [0.25, 0.3) is 0 Å². The molecule has 0 radical (unpaired) electrons. The maximum Gasteiger partial charge on any atom is 3.00 e. The van der Waals surface area contributed by atoms with Crippen molar-refractivity contribution in [3.63, 3.8) is 0 Å². The van der Waals surface area contributed by atoms with Gasteiger partial charge in [-0.1, -0.05) is 108 Å². The Morgan fingerprint density at radius 1 is 0.279 bits per heavy atom. The van der Waals surface area contributed by atoms with E-state index >= 15 is 0 Å². The number of carboxylic acids is 6. The van der Waals surface area contributed by atoms with Crippen LogP contribution in [0.3, 0.4) is 0 Å². The van der Waals surface area contributed by atoms with Crippen molar-refractivity contribution in [2.24, 2.45) is 0 Å². The predicted octanol–water partition coefficient (Wildman–Crippen LogP) is -1.09. The molecule has 40 heteroatoms. The number of carboxylic acid groups (broad SMARTS) is 6. The van der Waals surface area contributed by atoms with E-state index in [-0.39, 0.29) is 176 Å². The molecule has 0 saturated heterocycles. The molecule has 0 aliphatic rings. The number of rotatable bonds is 36. The Morgan fingerprint density at radius 2 is 0.410 bits per heavy atom. The van der Waals surface area contributed by atoms with Crippen LogP contribution in [-0.4, -0.2) is 256 Å². The Bertz CT molecular complexity index is 4210. The number of sulfonamides is 2. The van der Waals surface area contributed by atoms with Crippen molar-refractivity contribution in [3.8, 4) is 34.5 Å². The summed E-state index contributed by atoms with van der Waals surface area (Å²) in [4.78, 5) is 135. The summed E-state index contributed by atoms with van der Waals surface area (Å²) < 4.78 is 94.9. The third-order valence-corrected chi connectivity index (χ3v) is 17.5. The van der Waals surface area contributed by atoms with Crippen molar-refractivity contribution in [1.29, 1.82) is 0 Å². The molecule has 0 fully saturated rings. The van der Waals surface area contributed by atoms with Crippen LogP contribution in [-0.2, 0) is 48.8 Å². The standard InChI is InChI=1S/2C32H29NO11S.6C3H7NO.2Eu/c2*1-21-14-16-22(17-15-21)45(40,41)33-32(18-42-26-11-5-2-8-23(26)29(34)35,19-43-27-12-6-3-9-24(27)30(36)37)20-44-28-13-7-4-10-25(28)31(38)39;6*1-4(2)3-5;;/h2*2-17,33H,18-20H2,1H3,(H,34,35)(H,36,37)(H,38,39);6*3H,1-2H3;;/q;;;;;;;;2*+3/p-6. The van der Waals surface area contributed by atoms with Gasteiger partial charge in [0.15, 0.2) is 0 Å². The molecule has 0 aromatic heterocycles. The van der Waals surface area contributed by atoms with Crippen LogP contribution in [0.4, 0.5) is 0 Å². The molecule has 0 spiro atoms. The zero-order valence-corrected chi connectivity index (χ0v) is 75.4. The van der Waals surface area contributed by atoms with E-state index in [2.05, 4.69) is 9.44 Å². The number of nitrogens with zero attached hydrogens (tertiary/aromatic N) is 6. The number of amides is 6. The molecule has 8 rings (SSSR count). The van der Waals surface area contributed by atoms with Crippen LogP contribution < -0.4 is 68.5 Å². The Balaban J connectivity index is 0. The first-order chi connectivity index (χ1) is 56.4. The molecule has 0 heterocycles. The maximum absolute atomic E-state index is 13.7. The smallest absolute Gasteiger partial charge is 0.545 e. The monoisotopic (exact) mass is 2010 g/mol. The maximum atomic E-state index is 13.7. The van der Waals surface area contributed by atoms with Gasteiger partial charge in [-0.15, -0.1) is 0 Å². The van der Waals surface area contributed by atoms with Gasteiger partial charge >= 0.3 is 98.8 Å². The molecule has 2 N–H and O–H groups in total. The SMILES string of the molecule is CN(C)C=O.CN(C)C=O.CN(C)C=O.CN(C)C=O.CN(C)C=O.CN(C)C=O.Cc1ccc(S(=O)(=O)NC(COc2ccccc2C(=O)[O-])(COc2ccccc2C(=O)[O-])COc2ccccc2C(=O)[O-])cc1.Cc1ccc(S(=O)(=O)NC(COc2ccccc2C(=O)[O-])(COc2ccccc2C(=O)[O-])COc2ccccc2C(=O)[O-])cc1.[Eu+3].[Eu+3]. The van der Waals surface area contributed by atoms with Gasteiger partial charge in [-0.25, -0.2) is 16.8 Å². The topological polar surface area (TPSA) is 510 Å². The summed E-state index contributed by atoms with van der Waals surface area (Å²) in [6.45, 7) is -0.365. The van der Waals surface area contributed by atoms with E-state index in [1.165, 1.54) is 199 Å². The Labute approximate surface area is 789 Å². The van der Waals surface area contributed by atoms with E-state index in [1.807, 2.05) is 0 Å². The van der Waals surface area contributed by atoms with Gasteiger partial charge in [0.25, 0.3) is 0 Å². The first kappa shape index (κ1) is 113. The second-order valence-corrected chi connectivity index (χ2v) is 29.6. The number of para-hydroxylation sites is 6. The molecular formula is C82H94Eu2N8O28S2. The molecule has 0 aliphatic heterocycles. The second kappa shape index (κ2) is 59.0. The first-order valence-corrected chi connectivity index (χ1v) is 37.9. The summed E-state index contributed by atoms with van der Waals surface area (Å²) in [6, 6.07) is 44.5. The van der Waals surface area contributed by atoms with E-state index in [0.717, 1.165) is 49.6 Å². The molecule has 0 bridgehead atoms. The van der Waals surface area contributed by atoms with Crippen LogP contribution in [0.5, 0.6) is 34.5 Å². The van der Waals surface area contributed by atoms with E-state index in [9.17, 15) is 105 Å². The molecule has 6 amide bonds. The molecule has 0 unspecified atom stereocenters. The van der Waals surface area contributed by atoms with Crippen molar-refractivity contribution < 1.29 is 232 Å². The molecule has 8 aromatic rings. The van der Waals surface area contributed by atoms with Crippen LogP contribution in [0.1, 0.15) is 73.3 Å². The minimum Gasteiger partial charge on any atom is -0.545 e. The average molecular weight is 2010 g/mol. The number of benzene rings is 8. The number of aryl methyl sites for hydroxylation is 2. The van der Waals surface area contributed by atoms with Gasteiger partial charge in [-0.3, -0.25) is 28.8 Å². The summed E-state index contributed by atoms with van der Waals surface area (Å²) in [7, 11) is 11.4. The van der Waals surface area contributed by atoms with E-state index in [0.29, 0.717) is 0 Å². The summed E-state index contributed by atoms with van der Waals surface area (Å²) in [5, 5.41) is 70.4. The molecule has 0 atom stereocenters. The number of nitrogens with one attached hydrogen (secondary N) is 2. The molecule has 36 nitrogen and oxygen atoms in total. The van der Waals surface area contributed by atoms with Gasteiger partial charge in [0.2, 0.25) is 58.5 Å². The molecule has 0 aliphatic carbocycles. The summed E-state index contributed by atoms with van der Waals surface area (Å²) in [5.41, 5.74) is -4.35. The normalized spacial score (nSPS) is 10.1. The fraction of sp³-hybridized carbons (Fsp3) is 0.268. The number of carbonyl (C=O) groups is 12. The molecule has 122 heavy (non-hydrogen) atoms. The minimum absolute atomic E-state index is 0. The molecule has 0 saturated carbocycles. The van der Waals surface area contributed by atoms with E-state index < -0.39 is 107 Å². The van der Waals surface area contributed by atoms with E-state index in [4.69, 9.17) is 28.4 Å². The van der Waals surface area contributed by atoms with Gasteiger partial charge in [-0.2, -0.15) is 9.44 Å². The molecule has 8 aromatic carbocycles. The van der Waals surface area contributed by atoms with Gasteiger partial charge in [0.05, 0.1) is 45.6 Å². The van der Waals surface area contributed by atoms with Crippen LogP contribution >= 0.6 is 0 Å². The predicted molar refractivity (Wildman–Crippen MR) is 425 cm³/mol. The summed E-state index contributed by atoms with van der Waals surface area (Å²) in [5.74, 6) is -10.4. The van der Waals surface area contributed by atoms with E-state index in [1.54, 1.807) is 123 Å². The first-order valence-electron chi connectivity index (χ1n) is 34.9. The third-order valence-electron chi connectivity index (χ3n) is 14.3. The van der Waals surface area contributed by atoms with Crippen molar-refractivity contribution in [3.05, 3.63) is 239 Å². The van der Waals surface area contributed by atoms with Crippen molar-refractivity contribution in [2.75, 3.05) is 124 Å². The molecule has 656 valence electrons. The van der Waals surface area contributed by atoms with Gasteiger partial charge in [0, 0.05) is 118 Å². The quantitative estimate of drug-likeness (QED) is 0.0440. The number of carbonyl (C=O) groups excluding carboxylic acids is 12. The zero-order chi connectivity index (χ0) is 90.9. The third kappa shape index (κ3) is 43.6. The van der Waals surface area contributed by atoms with Crippen LogP contribution in [0.15, 0.2) is 204 Å². The average Bonchev–Trinajstić information content (AvgIpc) is 0.794. The van der Waals surface area contributed by atoms with Gasteiger partial charge in [-0.05, 0) is 111 Å². The van der Waals surface area contributed by atoms with Crippen molar-refractivity contribution in [1.82, 2.24) is 38.8 Å². The van der Waals surface area contributed by atoms with Crippen molar-refractivity contribution >= 4 is 94.3 Å². The van der Waals surface area contributed by atoms with Gasteiger partial charge < -0.3 is 117 Å². The summed E-state index contributed by atoms with van der Waals surface area (Å²) >= 11 is 0. The largest absolute Gasteiger partial charge is 3.00 e. The number of hydrogen-bond acceptors (Lipinski definition) is 28. The number of aromatic carboxylic acids is 6. The van der Waals surface area contributed by atoms with Gasteiger partial charge in [0.1, 0.15) is 85.2 Å². The second-order valence-electron chi connectivity index (χ2n) is 26.2. The molecular weight excluding hydrogens is 1910 g/mol.